The van der Waals surface area contributed by atoms with E-state index in [2.05, 4.69) is 10.6 Å². The standard InChI is InChI=1S/C11H10F4N2O/c12-6-1-7(13)10(15)8(9(6)14)11(18)17-4-5-2-16-3-5/h1,5,16H,2-4H2,(H,17,18). The number of halogens is 4. The van der Waals surface area contributed by atoms with Gasteiger partial charge in [0.25, 0.3) is 5.91 Å². The number of amides is 1. The van der Waals surface area contributed by atoms with Gasteiger partial charge < -0.3 is 10.6 Å². The minimum atomic E-state index is -1.68. The normalized spacial score (nSPS) is 15.3. The van der Waals surface area contributed by atoms with Crippen molar-refractivity contribution in [2.45, 2.75) is 0 Å². The van der Waals surface area contributed by atoms with E-state index in [1.165, 1.54) is 0 Å². The number of hydrogen-bond donors (Lipinski definition) is 2. The highest BCUT2D eigenvalue weighted by molar-refractivity contribution is 5.94. The second-order valence-corrected chi connectivity index (χ2v) is 4.08. The molecule has 3 nitrogen and oxygen atoms in total. The number of rotatable bonds is 3. The predicted molar refractivity (Wildman–Crippen MR) is 55.0 cm³/mol. The van der Waals surface area contributed by atoms with E-state index >= 15 is 0 Å². The summed E-state index contributed by atoms with van der Waals surface area (Å²) in [6.45, 7) is 1.56. The van der Waals surface area contributed by atoms with Crippen molar-refractivity contribution in [1.82, 2.24) is 10.6 Å². The van der Waals surface area contributed by atoms with Crippen LogP contribution in [0.15, 0.2) is 6.07 Å². The van der Waals surface area contributed by atoms with Crippen LogP contribution in [-0.4, -0.2) is 25.5 Å². The van der Waals surface area contributed by atoms with Crippen LogP contribution in [0.4, 0.5) is 17.6 Å². The van der Waals surface area contributed by atoms with E-state index in [1.807, 2.05) is 0 Å². The molecule has 18 heavy (non-hydrogen) atoms. The molecule has 1 aromatic rings. The van der Waals surface area contributed by atoms with E-state index in [9.17, 15) is 22.4 Å². The van der Waals surface area contributed by atoms with Crippen LogP contribution in [0.25, 0.3) is 0 Å². The number of carbonyl (C=O) groups excluding carboxylic acids is 1. The molecule has 0 saturated carbocycles. The molecule has 1 aliphatic heterocycles. The van der Waals surface area contributed by atoms with Crippen LogP contribution in [-0.2, 0) is 0 Å². The van der Waals surface area contributed by atoms with E-state index in [4.69, 9.17) is 0 Å². The fraction of sp³-hybridized carbons (Fsp3) is 0.364. The highest BCUT2D eigenvalue weighted by Gasteiger charge is 2.25. The first-order valence-electron chi connectivity index (χ1n) is 5.32. The van der Waals surface area contributed by atoms with E-state index < -0.39 is 34.7 Å². The van der Waals surface area contributed by atoms with E-state index in [0.717, 1.165) is 0 Å². The molecule has 1 aromatic carbocycles. The third-order valence-corrected chi connectivity index (χ3v) is 2.76. The van der Waals surface area contributed by atoms with Crippen molar-refractivity contribution in [3.05, 3.63) is 34.9 Å². The van der Waals surface area contributed by atoms with Crippen LogP contribution in [0.2, 0.25) is 0 Å². The molecule has 0 unspecified atom stereocenters. The highest BCUT2D eigenvalue weighted by atomic mass is 19.2. The summed E-state index contributed by atoms with van der Waals surface area (Å²) in [6, 6.07) is 0.0668. The van der Waals surface area contributed by atoms with Gasteiger partial charge in [-0.25, -0.2) is 17.6 Å². The topological polar surface area (TPSA) is 41.1 Å². The van der Waals surface area contributed by atoms with E-state index in [-0.39, 0.29) is 18.5 Å². The van der Waals surface area contributed by atoms with Crippen LogP contribution in [0.3, 0.4) is 0 Å². The van der Waals surface area contributed by atoms with Crippen molar-refractivity contribution >= 4 is 5.91 Å². The maximum absolute atomic E-state index is 13.3. The van der Waals surface area contributed by atoms with Crippen molar-refractivity contribution in [3.63, 3.8) is 0 Å². The number of benzene rings is 1. The Bertz CT molecular complexity index is 462. The first-order valence-corrected chi connectivity index (χ1v) is 5.32. The summed E-state index contributed by atoms with van der Waals surface area (Å²) < 4.78 is 52.3. The zero-order valence-electron chi connectivity index (χ0n) is 9.20. The largest absolute Gasteiger partial charge is 0.351 e. The molecule has 0 bridgehead atoms. The average Bonchev–Trinajstić information content (AvgIpc) is 2.25. The van der Waals surface area contributed by atoms with Crippen LogP contribution in [0, 0.1) is 29.2 Å². The third-order valence-electron chi connectivity index (χ3n) is 2.76. The lowest BCUT2D eigenvalue weighted by Crippen LogP contribution is -2.48. The van der Waals surface area contributed by atoms with Crippen molar-refractivity contribution in [2.24, 2.45) is 5.92 Å². The summed E-state index contributed by atoms with van der Waals surface area (Å²) in [7, 11) is 0. The van der Waals surface area contributed by atoms with Gasteiger partial charge in [0.05, 0.1) is 0 Å². The Morgan fingerprint density at radius 1 is 1.22 bits per heavy atom. The van der Waals surface area contributed by atoms with Gasteiger partial charge in [0.15, 0.2) is 23.3 Å². The molecule has 1 fully saturated rings. The van der Waals surface area contributed by atoms with Gasteiger partial charge in [0.2, 0.25) is 0 Å². The van der Waals surface area contributed by atoms with Crippen LogP contribution < -0.4 is 10.6 Å². The van der Waals surface area contributed by atoms with Gasteiger partial charge in [-0.15, -0.1) is 0 Å². The zero-order valence-corrected chi connectivity index (χ0v) is 9.20. The van der Waals surface area contributed by atoms with Gasteiger partial charge in [0, 0.05) is 31.6 Å². The second kappa shape index (κ2) is 4.93. The van der Waals surface area contributed by atoms with Crippen LogP contribution >= 0.6 is 0 Å². The molecular formula is C11H10F4N2O. The fourth-order valence-electron chi connectivity index (χ4n) is 1.59. The molecule has 1 saturated heterocycles. The summed E-state index contributed by atoms with van der Waals surface area (Å²) in [5.74, 6) is -7.54. The minimum Gasteiger partial charge on any atom is -0.351 e. The van der Waals surface area contributed by atoms with Crippen molar-refractivity contribution < 1.29 is 22.4 Å². The molecule has 1 amide bonds. The third kappa shape index (κ3) is 2.31. The molecule has 0 atom stereocenters. The van der Waals surface area contributed by atoms with E-state index in [0.29, 0.717) is 13.1 Å². The van der Waals surface area contributed by atoms with Crippen LogP contribution in [0.5, 0.6) is 0 Å². The molecule has 0 aromatic heterocycles. The summed E-state index contributed by atoms with van der Waals surface area (Å²) in [4.78, 5) is 11.5. The molecule has 0 aliphatic carbocycles. The predicted octanol–water partition coefficient (Wildman–Crippen LogP) is 1.19. The van der Waals surface area contributed by atoms with Crippen LogP contribution in [0.1, 0.15) is 10.4 Å². The first-order chi connectivity index (χ1) is 8.50. The van der Waals surface area contributed by atoms with Gasteiger partial charge >= 0.3 is 0 Å². The lowest BCUT2D eigenvalue weighted by Gasteiger charge is -2.27. The maximum Gasteiger partial charge on any atom is 0.257 e. The Balaban J connectivity index is 2.17. The SMILES string of the molecule is O=C(NCC1CNC1)c1c(F)c(F)cc(F)c1F. The molecule has 1 aliphatic rings. The first kappa shape index (κ1) is 12.8. The number of nitrogens with one attached hydrogen (secondary N) is 2. The molecule has 2 rings (SSSR count). The van der Waals surface area contributed by atoms with Gasteiger partial charge in [-0.3, -0.25) is 4.79 Å². The lowest BCUT2D eigenvalue weighted by molar-refractivity contribution is 0.0931. The van der Waals surface area contributed by atoms with Gasteiger partial charge in [-0.05, 0) is 0 Å². The van der Waals surface area contributed by atoms with Crippen molar-refractivity contribution in [2.75, 3.05) is 19.6 Å². The molecule has 0 radical (unpaired) electrons. The smallest absolute Gasteiger partial charge is 0.257 e. The molecular weight excluding hydrogens is 252 g/mol. The van der Waals surface area contributed by atoms with Gasteiger partial charge in [-0.2, -0.15) is 0 Å². The van der Waals surface area contributed by atoms with Gasteiger partial charge in [-0.1, -0.05) is 0 Å². The lowest BCUT2D eigenvalue weighted by atomic mass is 10.0. The molecule has 2 N–H and O–H groups in total. The molecule has 98 valence electrons. The second-order valence-electron chi connectivity index (χ2n) is 4.08. The summed E-state index contributed by atoms with van der Waals surface area (Å²) in [5, 5.41) is 5.19. The van der Waals surface area contributed by atoms with Gasteiger partial charge in [0.1, 0.15) is 5.56 Å². The maximum atomic E-state index is 13.3. The molecule has 1 heterocycles. The van der Waals surface area contributed by atoms with Crippen molar-refractivity contribution in [1.29, 1.82) is 0 Å². The average molecular weight is 262 g/mol. The Hall–Kier alpha value is -1.63. The Morgan fingerprint density at radius 3 is 2.22 bits per heavy atom. The minimum absolute atomic E-state index is 0.0668. The highest BCUT2D eigenvalue weighted by Crippen LogP contribution is 2.19. The fourth-order valence-corrected chi connectivity index (χ4v) is 1.59. The molecule has 7 heteroatoms. The Labute approximate surface area is 100 Å². The Kier molecular flexibility index (Phi) is 3.51. The monoisotopic (exact) mass is 262 g/mol. The van der Waals surface area contributed by atoms with E-state index in [1.54, 1.807) is 0 Å². The number of hydrogen-bond acceptors (Lipinski definition) is 2. The zero-order chi connectivity index (χ0) is 13.3. The molecule has 0 spiro atoms. The number of carbonyl (C=O) groups is 1. The summed E-state index contributed by atoms with van der Waals surface area (Å²) in [6.07, 6.45) is 0. The summed E-state index contributed by atoms with van der Waals surface area (Å²) in [5.41, 5.74) is -1.22. The van der Waals surface area contributed by atoms with Crippen molar-refractivity contribution in [3.8, 4) is 0 Å². The Morgan fingerprint density at radius 2 is 1.78 bits per heavy atom. The quantitative estimate of drug-likeness (QED) is 0.634. The summed E-state index contributed by atoms with van der Waals surface area (Å²) >= 11 is 0.